The van der Waals surface area contributed by atoms with E-state index in [1.54, 1.807) is 12.4 Å². The predicted molar refractivity (Wildman–Crippen MR) is 61.8 cm³/mol. The Bertz CT molecular complexity index is 443. The van der Waals surface area contributed by atoms with Crippen LogP contribution in [0.25, 0.3) is 0 Å². The Balaban J connectivity index is 2.11. The van der Waals surface area contributed by atoms with Gasteiger partial charge in [0.2, 0.25) is 0 Å². The minimum absolute atomic E-state index is 0.102. The molecule has 0 aliphatic heterocycles. The minimum Gasteiger partial charge on any atom is -0.347 e. The Morgan fingerprint density at radius 1 is 1.56 bits per heavy atom. The standard InChI is InChI=1S/C11H17N5/c1-3-8-6-9(16(2)15-8)7-10(12)11-13-4-5-14-11/h4-6,10H,3,7,12H2,1-2H3,(H,13,14). The van der Waals surface area contributed by atoms with Gasteiger partial charge in [0.05, 0.1) is 11.7 Å². The first-order valence-electron chi connectivity index (χ1n) is 5.47. The molecule has 16 heavy (non-hydrogen) atoms. The first-order chi connectivity index (χ1) is 7.70. The van der Waals surface area contributed by atoms with Crippen LogP contribution in [0.15, 0.2) is 18.5 Å². The van der Waals surface area contributed by atoms with Gasteiger partial charge in [-0.25, -0.2) is 4.98 Å². The Kier molecular flexibility index (Phi) is 3.05. The van der Waals surface area contributed by atoms with Crippen LogP contribution >= 0.6 is 0 Å². The number of hydrogen-bond donors (Lipinski definition) is 2. The lowest BCUT2D eigenvalue weighted by Crippen LogP contribution is -2.16. The molecule has 0 radical (unpaired) electrons. The van der Waals surface area contributed by atoms with Crippen molar-refractivity contribution < 1.29 is 0 Å². The van der Waals surface area contributed by atoms with Gasteiger partial charge in [-0.1, -0.05) is 6.92 Å². The molecular weight excluding hydrogens is 202 g/mol. The SMILES string of the molecule is CCc1cc(CC(N)c2ncc[nH]2)n(C)n1. The van der Waals surface area contributed by atoms with Crippen molar-refractivity contribution in [1.82, 2.24) is 19.7 Å². The molecule has 0 spiro atoms. The molecule has 3 N–H and O–H groups in total. The van der Waals surface area contributed by atoms with Crippen LogP contribution in [0.4, 0.5) is 0 Å². The summed E-state index contributed by atoms with van der Waals surface area (Å²) in [6.45, 7) is 2.10. The Labute approximate surface area is 94.7 Å². The van der Waals surface area contributed by atoms with Crippen LogP contribution in [-0.4, -0.2) is 19.7 Å². The summed E-state index contributed by atoms with van der Waals surface area (Å²) in [5.41, 5.74) is 8.30. The number of nitrogens with zero attached hydrogens (tertiary/aromatic N) is 3. The normalized spacial score (nSPS) is 12.9. The summed E-state index contributed by atoms with van der Waals surface area (Å²) in [7, 11) is 1.95. The molecule has 0 amide bonds. The van der Waals surface area contributed by atoms with Gasteiger partial charge in [0, 0.05) is 31.6 Å². The van der Waals surface area contributed by atoms with Crippen molar-refractivity contribution in [2.24, 2.45) is 12.8 Å². The van der Waals surface area contributed by atoms with Gasteiger partial charge < -0.3 is 10.7 Å². The van der Waals surface area contributed by atoms with Crippen LogP contribution < -0.4 is 5.73 Å². The molecule has 5 heteroatoms. The number of hydrogen-bond acceptors (Lipinski definition) is 3. The number of nitrogens with two attached hydrogens (primary N) is 1. The summed E-state index contributed by atoms with van der Waals surface area (Å²) in [5, 5.41) is 4.39. The van der Waals surface area contributed by atoms with Gasteiger partial charge in [0.25, 0.3) is 0 Å². The summed E-state index contributed by atoms with van der Waals surface area (Å²) in [6, 6.07) is 2.00. The van der Waals surface area contributed by atoms with E-state index in [0.717, 1.165) is 30.1 Å². The van der Waals surface area contributed by atoms with Crippen LogP contribution in [0, 0.1) is 0 Å². The zero-order valence-electron chi connectivity index (χ0n) is 9.64. The number of aromatic nitrogens is 4. The van der Waals surface area contributed by atoms with Gasteiger partial charge in [-0.05, 0) is 12.5 Å². The van der Waals surface area contributed by atoms with E-state index in [9.17, 15) is 0 Å². The fraction of sp³-hybridized carbons (Fsp3) is 0.455. The summed E-state index contributed by atoms with van der Waals surface area (Å²) < 4.78 is 1.89. The lowest BCUT2D eigenvalue weighted by molar-refractivity contribution is 0.618. The molecule has 0 aliphatic carbocycles. The average Bonchev–Trinajstić information content (AvgIpc) is 2.88. The number of imidazole rings is 1. The van der Waals surface area contributed by atoms with Gasteiger partial charge in [-0.2, -0.15) is 5.10 Å². The monoisotopic (exact) mass is 219 g/mol. The number of aromatic amines is 1. The Morgan fingerprint density at radius 2 is 2.38 bits per heavy atom. The molecule has 5 nitrogen and oxygen atoms in total. The third kappa shape index (κ3) is 2.14. The van der Waals surface area contributed by atoms with E-state index in [1.807, 2.05) is 11.7 Å². The number of nitrogens with one attached hydrogen (secondary N) is 1. The second-order valence-electron chi connectivity index (χ2n) is 3.89. The quantitative estimate of drug-likeness (QED) is 0.804. The maximum atomic E-state index is 6.06. The first kappa shape index (κ1) is 10.9. The van der Waals surface area contributed by atoms with Crippen molar-refractivity contribution in [3.8, 4) is 0 Å². The van der Waals surface area contributed by atoms with Crippen LogP contribution in [0.3, 0.4) is 0 Å². The van der Waals surface area contributed by atoms with Crippen molar-refractivity contribution in [2.75, 3.05) is 0 Å². The highest BCUT2D eigenvalue weighted by Crippen LogP contribution is 2.13. The lowest BCUT2D eigenvalue weighted by Gasteiger charge is -2.08. The van der Waals surface area contributed by atoms with Crippen LogP contribution in [-0.2, 0) is 19.9 Å². The highest BCUT2D eigenvalue weighted by Gasteiger charge is 2.12. The Morgan fingerprint density at radius 3 is 2.94 bits per heavy atom. The van der Waals surface area contributed by atoms with Gasteiger partial charge in [0.15, 0.2) is 0 Å². The molecule has 0 fully saturated rings. The van der Waals surface area contributed by atoms with Gasteiger partial charge in [-0.3, -0.25) is 4.68 Å². The molecule has 2 aromatic heterocycles. The van der Waals surface area contributed by atoms with Crippen molar-refractivity contribution in [3.05, 3.63) is 35.7 Å². The molecule has 0 aromatic carbocycles. The second-order valence-corrected chi connectivity index (χ2v) is 3.89. The largest absolute Gasteiger partial charge is 0.347 e. The Hall–Kier alpha value is -1.62. The third-order valence-electron chi connectivity index (χ3n) is 2.69. The fourth-order valence-corrected chi connectivity index (χ4v) is 1.74. The van der Waals surface area contributed by atoms with Crippen molar-refractivity contribution in [2.45, 2.75) is 25.8 Å². The highest BCUT2D eigenvalue weighted by atomic mass is 15.3. The number of aryl methyl sites for hydroxylation is 2. The lowest BCUT2D eigenvalue weighted by atomic mass is 10.1. The molecule has 0 saturated carbocycles. The molecule has 2 rings (SSSR count). The molecular formula is C11H17N5. The molecule has 0 saturated heterocycles. The first-order valence-corrected chi connectivity index (χ1v) is 5.47. The molecule has 2 aromatic rings. The zero-order valence-corrected chi connectivity index (χ0v) is 9.64. The maximum absolute atomic E-state index is 6.06. The predicted octanol–water partition coefficient (Wildman–Crippen LogP) is 0.948. The van der Waals surface area contributed by atoms with Gasteiger partial charge >= 0.3 is 0 Å². The smallest absolute Gasteiger partial charge is 0.123 e. The fourth-order valence-electron chi connectivity index (χ4n) is 1.74. The van der Waals surface area contributed by atoms with Crippen LogP contribution in [0.5, 0.6) is 0 Å². The van der Waals surface area contributed by atoms with Crippen molar-refractivity contribution in [3.63, 3.8) is 0 Å². The molecule has 1 unspecified atom stereocenters. The van der Waals surface area contributed by atoms with Gasteiger partial charge in [-0.15, -0.1) is 0 Å². The van der Waals surface area contributed by atoms with Crippen LogP contribution in [0.1, 0.15) is 30.2 Å². The topological polar surface area (TPSA) is 72.5 Å². The van der Waals surface area contributed by atoms with E-state index in [2.05, 4.69) is 28.1 Å². The molecule has 2 heterocycles. The molecule has 1 atom stereocenters. The summed E-state index contributed by atoms with van der Waals surface area (Å²) in [5.74, 6) is 0.819. The minimum atomic E-state index is -0.102. The average molecular weight is 219 g/mol. The van der Waals surface area contributed by atoms with Crippen molar-refractivity contribution in [1.29, 1.82) is 0 Å². The molecule has 0 aliphatic rings. The number of H-pyrrole nitrogens is 1. The second kappa shape index (κ2) is 4.49. The molecule has 0 bridgehead atoms. The highest BCUT2D eigenvalue weighted by molar-refractivity contribution is 5.13. The number of rotatable bonds is 4. The van der Waals surface area contributed by atoms with E-state index in [1.165, 1.54) is 0 Å². The van der Waals surface area contributed by atoms with Crippen molar-refractivity contribution >= 4 is 0 Å². The van der Waals surface area contributed by atoms with E-state index in [-0.39, 0.29) is 6.04 Å². The third-order valence-corrected chi connectivity index (χ3v) is 2.69. The van der Waals surface area contributed by atoms with E-state index in [0.29, 0.717) is 0 Å². The maximum Gasteiger partial charge on any atom is 0.123 e. The summed E-state index contributed by atoms with van der Waals surface area (Å²) in [4.78, 5) is 7.19. The summed E-state index contributed by atoms with van der Waals surface area (Å²) in [6.07, 6.45) is 5.20. The van der Waals surface area contributed by atoms with E-state index < -0.39 is 0 Å². The summed E-state index contributed by atoms with van der Waals surface area (Å²) >= 11 is 0. The van der Waals surface area contributed by atoms with E-state index in [4.69, 9.17) is 5.73 Å². The zero-order chi connectivity index (χ0) is 11.5. The van der Waals surface area contributed by atoms with Gasteiger partial charge in [0.1, 0.15) is 5.82 Å². The van der Waals surface area contributed by atoms with Crippen LogP contribution in [0.2, 0.25) is 0 Å². The molecule has 86 valence electrons. The van der Waals surface area contributed by atoms with E-state index >= 15 is 0 Å².